The van der Waals surface area contributed by atoms with Gasteiger partial charge in [0.05, 0.1) is 32.9 Å². The molecule has 0 atom stereocenters. The molecular formula is C40H24O. The van der Waals surface area contributed by atoms with Crippen LogP contribution in [0, 0.1) is 0 Å². The number of fused-ring (bicyclic) bond motifs is 10. The molecule has 0 saturated carbocycles. The molecule has 1 nitrogen and oxygen atoms in total. The molecule has 0 amide bonds. The van der Waals surface area contributed by atoms with Crippen LogP contribution in [0.25, 0.3) is 87.3 Å². The molecule has 41 heavy (non-hydrogen) atoms. The zero-order valence-corrected chi connectivity index (χ0v) is 20.4. The molecule has 0 unspecified atom stereocenters. The van der Waals surface area contributed by atoms with Crippen molar-refractivity contribution in [3.05, 3.63) is 145 Å². The van der Waals surface area contributed by atoms with Gasteiger partial charge in [-0.25, -0.2) is 0 Å². The van der Waals surface area contributed by atoms with Crippen molar-refractivity contribution in [1.29, 1.82) is 0 Å². The van der Waals surface area contributed by atoms with Crippen LogP contribution in [0.15, 0.2) is 149 Å². The highest BCUT2D eigenvalue weighted by atomic mass is 16.3. The van der Waals surface area contributed by atoms with E-state index < -0.39 is 232 Å². The molecule has 1 heteroatoms. The highest BCUT2D eigenvalue weighted by Crippen LogP contribution is 2.48. The molecule has 1 heterocycles. The molecule has 0 aliphatic carbocycles. The van der Waals surface area contributed by atoms with Gasteiger partial charge in [0.25, 0.3) is 0 Å². The van der Waals surface area contributed by atoms with Crippen molar-refractivity contribution in [2.45, 2.75) is 0 Å². The van der Waals surface area contributed by atoms with Crippen molar-refractivity contribution in [1.82, 2.24) is 0 Å². The topological polar surface area (TPSA) is 13.1 Å². The van der Waals surface area contributed by atoms with E-state index in [2.05, 4.69) is 0 Å². The van der Waals surface area contributed by atoms with Crippen molar-refractivity contribution in [2.75, 3.05) is 0 Å². The van der Waals surface area contributed by atoms with Crippen LogP contribution in [-0.4, -0.2) is 0 Å². The van der Waals surface area contributed by atoms with Crippen LogP contribution < -0.4 is 0 Å². The van der Waals surface area contributed by atoms with E-state index >= 15 is 0 Å². The Morgan fingerprint density at radius 3 is 1.49 bits per heavy atom. The van der Waals surface area contributed by atoms with Crippen molar-refractivity contribution in [3.63, 3.8) is 0 Å². The molecule has 0 spiro atoms. The number of hydrogen-bond acceptors (Lipinski definition) is 1. The van der Waals surface area contributed by atoms with Crippen LogP contribution in [0.1, 0.15) is 32.9 Å². The molecule has 1 aromatic heterocycles. The van der Waals surface area contributed by atoms with Crippen LogP contribution in [0.2, 0.25) is 0 Å². The minimum absolute atomic E-state index is 0.420. The maximum atomic E-state index is 9.57. The Balaban J connectivity index is 1.74. The molecule has 0 fully saturated rings. The van der Waals surface area contributed by atoms with Gasteiger partial charge in [0.15, 0.2) is 0 Å². The standard InChI is InChI=1S/C40H24O/c1-2-13-25(14-3-1)36-29-18-7-9-20-31(29)37(32-21-10-8-19-30(32)36)34-23-12-24-35-38(34)39-28-17-6-4-15-26(28)27-16-5-11-22-33(27)40(39)41-35/h1-24H/i1D,2D,3D,4D,5D,6D,7D,8D,9D,10D,11D,12D,13D,14D,15D,16D,17D,18D,19D,20D,21D,22D,23D,24D. The molecule has 8 aromatic carbocycles. The average molecular weight is 545 g/mol. The lowest BCUT2D eigenvalue weighted by Crippen LogP contribution is -1.91. The Morgan fingerprint density at radius 1 is 0.366 bits per heavy atom. The monoisotopic (exact) mass is 544 g/mol. The third kappa shape index (κ3) is 3.12. The summed E-state index contributed by atoms with van der Waals surface area (Å²) >= 11 is 0. The van der Waals surface area contributed by atoms with E-state index in [1.807, 2.05) is 0 Å². The molecule has 9 aromatic rings. The Morgan fingerprint density at radius 2 is 0.854 bits per heavy atom. The zero-order chi connectivity index (χ0) is 47.8. The molecule has 0 aliphatic heterocycles. The van der Waals surface area contributed by atoms with Crippen molar-refractivity contribution in [2.24, 2.45) is 0 Å². The fourth-order valence-corrected chi connectivity index (χ4v) is 5.43. The molecule has 9 rings (SSSR count). The molecule has 190 valence electrons. The highest BCUT2D eigenvalue weighted by Gasteiger charge is 2.22. The number of rotatable bonds is 2. The molecule has 0 N–H and O–H groups in total. The Kier molecular flexibility index (Phi) is 1.94. The van der Waals surface area contributed by atoms with Gasteiger partial charge in [-0.2, -0.15) is 0 Å². The minimum Gasteiger partial charge on any atom is -0.455 e. The summed E-state index contributed by atoms with van der Waals surface area (Å²) in [4.78, 5) is 0. The maximum Gasteiger partial charge on any atom is 0.143 e. The Hall–Kier alpha value is -5.40. The van der Waals surface area contributed by atoms with E-state index in [0.717, 1.165) is 0 Å². The summed E-state index contributed by atoms with van der Waals surface area (Å²) in [5.41, 5.74) is -3.80. The molecule has 0 saturated heterocycles. The second-order valence-electron chi connectivity index (χ2n) is 9.01. The van der Waals surface area contributed by atoms with Crippen LogP contribution >= 0.6 is 0 Å². The van der Waals surface area contributed by atoms with E-state index in [1.165, 1.54) is 0 Å². The second kappa shape index (κ2) is 8.55. The lowest BCUT2D eigenvalue weighted by Gasteiger charge is -2.18. The Labute approximate surface area is 270 Å². The van der Waals surface area contributed by atoms with Crippen LogP contribution in [0.4, 0.5) is 0 Å². The summed E-state index contributed by atoms with van der Waals surface area (Å²) in [6.07, 6.45) is 0. The minimum atomic E-state index is -0.944. The lowest BCUT2D eigenvalue weighted by molar-refractivity contribution is 0.673. The Bertz CT molecular complexity index is 3710. The first-order chi connectivity index (χ1) is 30.3. The first kappa shape index (κ1) is 9.33. The fourth-order valence-electron chi connectivity index (χ4n) is 5.43. The molecule has 0 radical (unpaired) electrons. The third-order valence-electron chi connectivity index (χ3n) is 7.00. The van der Waals surface area contributed by atoms with Gasteiger partial charge in [-0.15, -0.1) is 0 Å². The summed E-state index contributed by atoms with van der Waals surface area (Å²) in [5, 5.41) is -5.34. The van der Waals surface area contributed by atoms with Crippen LogP contribution in [-0.2, 0) is 0 Å². The van der Waals surface area contributed by atoms with E-state index in [9.17, 15) is 8.22 Å². The first-order valence-electron chi connectivity index (χ1n) is 24.2. The summed E-state index contributed by atoms with van der Waals surface area (Å²) in [7, 11) is 0. The van der Waals surface area contributed by atoms with Crippen molar-refractivity contribution in [3.8, 4) is 22.3 Å². The van der Waals surface area contributed by atoms with Gasteiger partial charge >= 0.3 is 0 Å². The number of benzene rings is 8. The highest BCUT2D eigenvalue weighted by molar-refractivity contribution is 6.34. The molecular weight excluding hydrogens is 496 g/mol. The molecule has 0 aliphatic rings. The molecule has 0 bridgehead atoms. The van der Waals surface area contributed by atoms with Gasteiger partial charge in [0, 0.05) is 16.2 Å². The van der Waals surface area contributed by atoms with Crippen LogP contribution in [0.5, 0.6) is 0 Å². The van der Waals surface area contributed by atoms with Crippen molar-refractivity contribution >= 4 is 65.0 Å². The van der Waals surface area contributed by atoms with E-state index in [0.29, 0.717) is 0 Å². The fraction of sp³-hybridized carbons (Fsp3) is 0. The predicted octanol–water partition coefficient (Wildman–Crippen LogP) is 11.5. The third-order valence-corrected chi connectivity index (χ3v) is 7.00. The smallest absolute Gasteiger partial charge is 0.143 e. The summed E-state index contributed by atoms with van der Waals surface area (Å²) in [5.74, 6) is 0. The lowest BCUT2D eigenvalue weighted by atomic mass is 9.84. The summed E-state index contributed by atoms with van der Waals surface area (Å²) in [6, 6.07) is -21.0. The second-order valence-corrected chi connectivity index (χ2v) is 9.01. The van der Waals surface area contributed by atoms with Gasteiger partial charge < -0.3 is 4.42 Å². The summed E-state index contributed by atoms with van der Waals surface area (Å²) in [6.45, 7) is 0. The predicted molar refractivity (Wildman–Crippen MR) is 175 cm³/mol. The van der Waals surface area contributed by atoms with E-state index in [1.54, 1.807) is 0 Å². The summed E-state index contributed by atoms with van der Waals surface area (Å²) < 4.78 is 220. The van der Waals surface area contributed by atoms with Gasteiger partial charge in [-0.1, -0.05) is 139 Å². The van der Waals surface area contributed by atoms with E-state index in [-0.39, 0.29) is 0 Å². The number of furan rings is 1. The van der Waals surface area contributed by atoms with Gasteiger partial charge in [0.1, 0.15) is 11.2 Å². The quantitative estimate of drug-likeness (QED) is 0.156. The largest absolute Gasteiger partial charge is 0.455 e. The van der Waals surface area contributed by atoms with Crippen LogP contribution in [0.3, 0.4) is 0 Å². The SMILES string of the molecule is [2H]c1c([2H])c([2H])c(-c2c3c([2H])c([2H])c([2H])c([2H])c3c(-c3c([2H])c([2H])c([2H])c4oc5c6c([2H])c([2H])c([2H])c([2H])c6c6c([2H])c([2H])c([2H])c([2H])c6c5c34)c3c([2H])c([2H])c([2H])c([2H])c23)c([2H])c1[2H]. The zero-order valence-electron chi connectivity index (χ0n) is 44.4. The van der Waals surface area contributed by atoms with Gasteiger partial charge in [-0.3, -0.25) is 0 Å². The first-order valence-corrected chi connectivity index (χ1v) is 12.2. The normalized spacial score (nSPS) is 20.1. The van der Waals surface area contributed by atoms with Crippen molar-refractivity contribution < 1.29 is 37.3 Å². The van der Waals surface area contributed by atoms with Gasteiger partial charge in [-0.05, 0) is 66.0 Å². The average Bonchev–Trinajstić information content (AvgIpc) is 3.67. The number of hydrogen-bond donors (Lipinski definition) is 0. The maximum absolute atomic E-state index is 9.57. The van der Waals surface area contributed by atoms with Gasteiger partial charge in [0.2, 0.25) is 0 Å². The van der Waals surface area contributed by atoms with E-state index in [4.69, 9.17) is 29.1 Å².